The molecule has 4 aromatic rings. The summed E-state index contributed by atoms with van der Waals surface area (Å²) in [4.78, 5) is 56.7. The fourth-order valence-corrected chi connectivity index (χ4v) is 4.38. The molecule has 3 aromatic carbocycles. The monoisotopic (exact) mass is 600 g/mol. The van der Waals surface area contributed by atoms with Gasteiger partial charge in [-0.2, -0.15) is 0 Å². The molecule has 0 unspecified atom stereocenters. The van der Waals surface area contributed by atoms with Gasteiger partial charge >= 0.3 is 6.09 Å². The number of halogens is 1. The predicted octanol–water partition coefficient (Wildman–Crippen LogP) is 4.20. The number of ether oxygens (including phenoxy) is 2. The van der Waals surface area contributed by atoms with Gasteiger partial charge in [0.1, 0.15) is 24.9 Å². The van der Waals surface area contributed by atoms with Crippen LogP contribution in [-0.4, -0.2) is 33.9 Å². The van der Waals surface area contributed by atoms with Gasteiger partial charge in [0.15, 0.2) is 11.5 Å². The van der Waals surface area contributed by atoms with Crippen LogP contribution in [0.4, 0.5) is 9.18 Å². The average Bonchev–Trinajstić information content (AvgIpc) is 3.01. The first-order valence-electron chi connectivity index (χ1n) is 13.8. The largest absolute Gasteiger partial charge is 0.481 e. The molecule has 11 heteroatoms. The third-order valence-electron chi connectivity index (χ3n) is 6.64. The van der Waals surface area contributed by atoms with Crippen molar-refractivity contribution in [3.05, 3.63) is 129 Å². The van der Waals surface area contributed by atoms with Gasteiger partial charge in [-0.25, -0.2) is 14.2 Å². The standard InChI is InChI=1S/C33H33FN4O6/c1-33(2,37-32(42)44-21-24-12-8-5-9-13-24)31-36-27(28(30(41)38(31)3)43-20-23-10-6-4-7-11-23)29(40)35-19-26(39)18-22-14-16-25(34)17-15-22/h4-17H,18-21H2,1-3H3,(H,35,40)(H,37,42). The van der Waals surface area contributed by atoms with Crippen molar-refractivity contribution in [2.75, 3.05) is 6.54 Å². The number of aromatic nitrogens is 2. The smallest absolute Gasteiger partial charge is 0.408 e. The van der Waals surface area contributed by atoms with Crippen LogP contribution in [0.3, 0.4) is 0 Å². The number of carbonyl (C=O) groups is 3. The molecule has 0 spiro atoms. The molecule has 1 heterocycles. The van der Waals surface area contributed by atoms with Gasteiger partial charge in [-0.05, 0) is 42.7 Å². The Labute approximate surface area is 253 Å². The second-order valence-electron chi connectivity index (χ2n) is 10.6. The highest BCUT2D eigenvalue weighted by Gasteiger charge is 2.32. The molecule has 2 amide bonds. The number of alkyl carbamates (subject to hydrolysis) is 1. The molecule has 10 nitrogen and oxygen atoms in total. The first-order chi connectivity index (χ1) is 21.0. The molecular formula is C33H33FN4O6. The second kappa shape index (κ2) is 14.2. The van der Waals surface area contributed by atoms with Gasteiger partial charge in [-0.1, -0.05) is 72.8 Å². The highest BCUT2D eigenvalue weighted by molar-refractivity contribution is 5.97. The Bertz CT molecular complexity index is 1670. The highest BCUT2D eigenvalue weighted by Crippen LogP contribution is 2.22. The lowest BCUT2D eigenvalue weighted by Gasteiger charge is -2.28. The van der Waals surface area contributed by atoms with Crippen LogP contribution in [0.2, 0.25) is 0 Å². The summed E-state index contributed by atoms with van der Waals surface area (Å²) in [6.45, 7) is 2.86. The van der Waals surface area contributed by atoms with E-state index in [0.29, 0.717) is 5.56 Å². The number of Topliss-reactive ketones (excluding diaryl/α,β-unsaturated/α-hetero) is 1. The maximum Gasteiger partial charge on any atom is 0.408 e. The van der Waals surface area contributed by atoms with Crippen LogP contribution >= 0.6 is 0 Å². The zero-order chi connectivity index (χ0) is 31.7. The minimum absolute atomic E-state index is 0.0195. The van der Waals surface area contributed by atoms with Crippen molar-refractivity contribution in [1.29, 1.82) is 0 Å². The number of nitrogens with zero attached hydrogens (tertiary/aromatic N) is 2. The molecule has 0 fully saturated rings. The number of ketones is 1. The van der Waals surface area contributed by atoms with E-state index in [0.717, 1.165) is 11.1 Å². The summed E-state index contributed by atoms with van der Waals surface area (Å²) in [5.41, 5.74) is -0.157. The van der Waals surface area contributed by atoms with Gasteiger partial charge in [-0.3, -0.25) is 19.0 Å². The molecule has 0 saturated heterocycles. The summed E-state index contributed by atoms with van der Waals surface area (Å²) in [5, 5.41) is 5.21. The fourth-order valence-electron chi connectivity index (χ4n) is 4.38. The number of amides is 2. The summed E-state index contributed by atoms with van der Waals surface area (Å²) in [7, 11) is 1.45. The van der Waals surface area contributed by atoms with E-state index in [1.54, 1.807) is 26.0 Å². The zero-order valence-corrected chi connectivity index (χ0v) is 24.6. The number of carbonyl (C=O) groups excluding carboxylic acids is 3. The van der Waals surface area contributed by atoms with E-state index in [9.17, 15) is 23.6 Å². The molecule has 0 bridgehead atoms. The number of hydrogen-bond donors (Lipinski definition) is 2. The minimum Gasteiger partial charge on any atom is -0.481 e. The van der Waals surface area contributed by atoms with E-state index < -0.39 is 28.9 Å². The van der Waals surface area contributed by atoms with Gasteiger partial charge in [0.2, 0.25) is 5.75 Å². The van der Waals surface area contributed by atoms with Gasteiger partial charge in [0.25, 0.3) is 11.5 Å². The van der Waals surface area contributed by atoms with Crippen molar-refractivity contribution in [3.8, 4) is 5.75 Å². The maximum absolute atomic E-state index is 13.6. The van der Waals surface area contributed by atoms with E-state index in [1.807, 2.05) is 48.5 Å². The van der Waals surface area contributed by atoms with E-state index in [-0.39, 0.29) is 49.2 Å². The third kappa shape index (κ3) is 8.37. The Kier molecular flexibility index (Phi) is 10.2. The first-order valence-corrected chi connectivity index (χ1v) is 13.8. The van der Waals surface area contributed by atoms with Gasteiger partial charge < -0.3 is 20.1 Å². The number of benzene rings is 3. The normalized spacial score (nSPS) is 11.0. The topological polar surface area (TPSA) is 129 Å². The van der Waals surface area contributed by atoms with Crippen LogP contribution in [0.5, 0.6) is 5.75 Å². The summed E-state index contributed by atoms with van der Waals surface area (Å²) in [5.74, 6) is -1.85. The maximum atomic E-state index is 13.6. The molecule has 0 aliphatic heterocycles. The van der Waals surface area contributed by atoms with Gasteiger partial charge in [0, 0.05) is 13.5 Å². The molecule has 0 atom stereocenters. The van der Waals surface area contributed by atoms with Crippen molar-refractivity contribution < 1.29 is 28.2 Å². The Balaban J connectivity index is 1.56. The molecule has 44 heavy (non-hydrogen) atoms. The zero-order valence-electron chi connectivity index (χ0n) is 24.6. The van der Waals surface area contributed by atoms with E-state index in [4.69, 9.17) is 9.47 Å². The van der Waals surface area contributed by atoms with Gasteiger partial charge in [-0.15, -0.1) is 0 Å². The van der Waals surface area contributed by atoms with Crippen LogP contribution in [0.1, 0.15) is 46.9 Å². The fraction of sp³-hybridized carbons (Fsp3) is 0.242. The molecule has 2 N–H and O–H groups in total. The van der Waals surface area contributed by atoms with Crippen LogP contribution in [-0.2, 0) is 41.8 Å². The number of hydrogen-bond acceptors (Lipinski definition) is 7. The SMILES string of the molecule is Cn1c(C(C)(C)NC(=O)OCc2ccccc2)nc(C(=O)NCC(=O)Cc2ccc(F)cc2)c(OCc2ccccc2)c1=O. The Hall–Kier alpha value is -5.32. The predicted molar refractivity (Wildman–Crippen MR) is 160 cm³/mol. The Morgan fingerprint density at radius 3 is 2.07 bits per heavy atom. The van der Waals surface area contributed by atoms with Gasteiger partial charge in [0.05, 0.1) is 12.1 Å². The summed E-state index contributed by atoms with van der Waals surface area (Å²) < 4.78 is 25.6. The quantitative estimate of drug-likeness (QED) is 0.249. The molecule has 0 aliphatic carbocycles. The van der Waals surface area contributed by atoms with Crippen molar-refractivity contribution >= 4 is 17.8 Å². The molecule has 4 rings (SSSR count). The van der Waals surface area contributed by atoms with Crippen LogP contribution < -0.4 is 20.9 Å². The van der Waals surface area contributed by atoms with Crippen molar-refractivity contribution in [3.63, 3.8) is 0 Å². The molecule has 0 aliphatic rings. The Morgan fingerprint density at radius 1 is 0.864 bits per heavy atom. The van der Waals surface area contributed by atoms with Crippen molar-refractivity contribution in [2.45, 2.75) is 39.0 Å². The molecule has 228 valence electrons. The minimum atomic E-state index is -1.27. The summed E-state index contributed by atoms with van der Waals surface area (Å²) in [6.07, 6.45) is -0.787. The van der Waals surface area contributed by atoms with E-state index in [1.165, 1.54) is 35.9 Å². The molecule has 1 aromatic heterocycles. The van der Waals surface area contributed by atoms with Crippen molar-refractivity contribution in [1.82, 2.24) is 20.2 Å². The highest BCUT2D eigenvalue weighted by atomic mass is 19.1. The lowest BCUT2D eigenvalue weighted by atomic mass is 10.0. The Morgan fingerprint density at radius 2 is 1.45 bits per heavy atom. The van der Waals surface area contributed by atoms with Crippen LogP contribution in [0, 0.1) is 5.82 Å². The van der Waals surface area contributed by atoms with Crippen LogP contribution in [0.15, 0.2) is 89.7 Å². The summed E-state index contributed by atoms with van der Waals surface area (Å²) in [6, 6.07) is 23.6. The molecule has 0 radical (unpaired) electrons. The molecular weight excluding hydrogens is 567 g/mol. The first kappa shape index (κ1) is 31.6. The lowest BCUT2D eigenvalue weighted by Crippen LogP contribution is -2.46. The average molecular weight is 601 g/mol. The van der Waals surface area contributed by atoms with E-state index in [2.05, 4.69) is 15.6 Å². The lowest BCUT2D eigenvalue weighted by molar-refractivity contribution is -0.117. The van der Waals surface area contributed by atoms with E-state index >= 15 is 0 Å². The number of nitrogens with one attached hydrogen (secondary N) is 2. The number of rotatable bonds is 12. The second-order valence-corrected chi connectivity index (χ2v) is 10.6. The molecule has 0 saturated carbocycles. The van der Waals surface area contributed by atoms with Crippen LogP contribution in [0.25, 0.3) is 0 Å². The summed E-state index contributed by atoms with van der Waals surface area (Å²) >= 11 is 0. The third-order valence-corrected chi connectivity index (χ3v) is 6.64. The van der Waals surface area contributed by atoms with Crippen molar-refractivity contribution in [2.24, 2.45) is 7.05 Å².